The number of fused-ring (bicyclic) bond motifs is 3. The molecule has 1 heterocycles. The number of oxime groups is 1. The molecule has 0 aromatic heterocycles. The Labute approximate surface area is 407 Å². The zero-order chi connectivity index (χ0) is 48.2. The zero-order valence-corrected chi connectivity index (χ0v) is 40.4. The lowest BCUT2D eigenvalue weighted by atomic mass is 9.55. The van der Waals surface area contributed by atoms with Crippen LogP contribution in [-0.4, -0.2) is 78.4 Å². The van der Waals surface area contributed by atoms with E-state index in [4.69, 9.17) is 33.7 Å². The molecule has 2 aliphatic carbocycles. The number of rotatable bonds is 23. The average Bonchev–Trinajstić information content (AvgIpc) is 3.37. The Morgan fingerprint density at radius 3 is 2.41 bits per heavy atom. The van der Waals surface area contributed by atoms with Crippen LogP contribution in [0, 0.1) is 31.6 Å². The van der Waals surface area contributed by atoms with E-state index in [0.29, 0.717) is 43.3 Å². The highest BCUT2D eigenvalue weighted by Gasteiger charge is 2.65. The molecule has 0 radical (unpaired) electrons. The Kier molecular flexibility index (Phi) is 16.9. The number of aliphatic hydroxyl groups excluding tert-OH is 2. The molecule has 1 saturated carbocycles. The van der Waals surface area contributed by atoms with E-state index in [0.717, 1.165) is 70.0 Å². The first kappa shape index (κ1) is 49.4. The van der Waals surface area contributed by atoms with Crippen LogP contribution in [0.25, 0.3) is 10.8 Å². The Bertz CT molecular complexity index is 2570. The van der Waals surface area contributed by atoms with Crippen LogP contribution >= 0.6 is 0 Å². The fourth-order valence-corrected chi connectivity index (χ4v) is 10.7. The highest BCUT2D eigenvalue weighted by atomic mass is 16.7. The lowest BCUT2D eigenvalue weighted by Crippen LogP contribution is -2.70. The van der Waals surface area contributed by atoms with Crippen molar-refractivity contribution in [3.8, 4) is 17.2 Å². The summed E-state index contributed by atoms with van der Waals surface area (Å²) in [6, 6.07) is 35.6. The van der Waals surface area contributed by atoms with Crippen LogP contribution in [0.1, 0.15) is 85.6 Å². The van der Waals surface area contributed by atoms with Crippen LogP contribution in [-0.2, 0) is 32.2 Å². The summed E-state index contributed by atoms with van der Waals surface area (Å²) in [5, 5.41) is 27.0. The fourth-order valence-electron chi connectivity index (χ4n) is 10.7. The van der Waals surface area contributed by atoms with Crippen molar-refractivity contribution in [2.75, 3.05) is 39.6 Å². The number of benzene rings is 5. The molecule has 1 fully saturated rings. The number of aryl methyl sites for hydroxylation is 2. The molecular formula is C58H68N2O9. The third-order valence-corrected chi connectivity index (χ3v) is 14.1. The Hall–Kier alpha value is -5.98. The first-order valence-corrected chi connectivity index (χ1v) is 24.8. The van der Waals surface area contributed by atoms with Gasteiger partial charge in [0, 0.05) is 31.1 Å². The predicted octanol–water partition coefficient (Wildman–Crippen LogP) is 11.8. The van der Waals surface area contributed by atoms with Gasteiger partial charge in [-0.3, -0.25) is 4.90 Å². The smallest absolute Gasteiger partial charge is 0.410 e. The number of amides is 1. The summed E-state index contributed by atoms with van der Waals surface area (Å²) in [7, 11) is 0. The maximum atomic E-state index is 15.2. The molecule has 69 heavy (non-hydrogen) atoms. The Morgan fingerprint density at radius 2 is 1.62 bits per heavy atom. The topological polar surface area (TPSA) is 129 Å². The fraction of sp³-hybridized carbons (Fsp3) is 0.414. The summed E-state index contributed by atoms with van der Waals surface area (Å²) in [6.07, 6.45) is 8.39. The van der Waals surface area contributed by atoms with Gasteiger partial charge in [0.15, 0.2) is 0 Å². The van der Waals surface area contributed by atoms with Gasteiger partial charge >= 0.3 is 6.09 Å². The van der Waals surface area contributed by atoms with Crippen molar-refractivity contribution < 1.29 is 43.5 Å². The van der Waals surface area contributed by atoms with E-state index in [9.17, 15) is 10.2 Å². The van der Waals surface area contributed by atoms with Gasteiger partial charge in [0.2, 0.25) is 5.79 Å². The van der Waals surface area contributed by atoms with Crippen molar-refractivity contribution in [3.63, 3.8) is 0 Å². The number of hydrogen-bond acceptors (Lipinski definition) is 10. The molecule has 1 amide bonds. The minimum Gasteiger partial charge on any atom is -0.459 e. The van der Waals surface area contributed by atoms with Crippen molar-refractivity contribution in [3.05, 3.63) is 161 Å². The summed E-state index contributed by atoms with van der Waals surface area (Å²) < 4.78 is 33.6. The van der Waals surface area contributed by atoms with E-state index in [2.05, 4.69) is 69.0 Å². The van der Waals surface area contributed by atoms with Crippen molar-refractivity contribution in [2.24, 2.45) is 22.9 Å². The molecule has 2 N–H and O–H groups in total. The van der Waals surface area contributed by atoms with E-state index in [1.165, 1.54) is 5.56 Å². The van der Waals surface area contributed by atoms with E-state index in [1.54, 1.807) is 11.0 Å². The molecule has 0 bridgehead atoms. The molecule has 364 valence electrons. The third-order valence-electron chi connectivity index (χ3n) is 14.1. The molecule has 1 aliphatic heterocycles. The van der Waals surface area contributed by atoms with Gasteiger partial charge in [0.25, 0.3) is 0 Å². The third kappa shape index (κ3) is 11.2. The first-order chi connectivity index (χ1) is 33.8. The van der Waals surface area contributed by atoms with Crippen LogP contribution in [0.5, 0.6) is 17.2 Å². The lowest BCUT2D eigenvalue weighted by Gasteiger charge is -2.59. The van der Waals surface area contributed by atoms with Gasteiger partial charge in [-0.25, -0.2) is 4.79 Å². The second-order valence-corrected chi connectivity index (χ2v) is 18.5. The molecule has 6 atom stereocenters. The maximum Gasteiger partial charge on any atom is 0.410 e. The summed E-state index contributed by atoms with van der Waals surface area (Å²) in [4.78, 5) is 22.9. The van der Waals surface area contributed by atoms with E-state index in [-0.39, 0.29) is 63.8 Å². The van der Waals surface area contributed by atoms with Crippen molar-refractivity contribution in [1.29, 1.82) is 0 Å². The molecule has 0 spiro atoms. The molecule has 11 nitrogen and oxygen atoms in total. The molecular weight excluding hydrogens is 869 g/mol. The number of carbonyl (C=O) groups excluding carboxylic acids is 1. The second-order valence-electron chi connectivity index (χ2n) is 18.5. The SMILES string of the molecule is C=CCOC12Oc3ccc(Oc4ccc(C)c(C)c4)cc3C3C(CCCCO)C(CCCCO)C=C(C(=NOCC)CC1N(Cc1cccc4ccccc14)C(=O)OCCOCc1ccccc1)C32. The van der Waals surface area contributed by atoms with E-state index in [1.807, 2.05) is 73.7 Å². The second kappa shape index (κ2) is 23.6. The van der Waals surface area contributed by atoms with Gasteiger partial charge < -0.3 is 38.7 Å². The van der Waals surface area contributed by atoms with Gasteiger partial charge in [-0.2, -0.15) is 0 Å². The maximum absolute atomic E-state index is 15.2. The number of allylic oxidation sites excluding steroid dienone is 1. The number of carbonyl (C=O) groups is 1. The molecule has 0 saturated heterocycles. The van der Waals surface area contributed by atoms with Gasteiger partial charge in [-0.1, -0.05) is 109 Å². The largest absolute Gasteiger partial charge is 0.459 e. The highest BCUT2D eigenvalue weighted by molar-refractivity contribution is 6.03. The molecule has 6 unspecified atom stereocenters. The van der Waals surface area contributed by atoms with Crippen molar-refractivity contribution in [1.82, 2.24) is 4.90 Å². The molecule has 11 heteroatoms. The van der Waals surface area contributed by atoms with Gasteiger partial charge in [0.1, 0.15) is 36.5 Å². The zero-order valence-electron chi connectivity index (χ0n) is 40.4. The predicted molar refractivity (Wildman–Crippen MR) is 270 cm³/mol. The summed E-state index contributed by atoms with van der Waals surface area (Å²) in [5.41, 5.74) is 6.93. The van der Waals surface area contributed by atoms with Gasteiger partial charge in [-0.15, -0.1) is 6.58 Å². The average molecular weight is 937 g/mol. The number of aliphatic hydroxyl groups is 2. The lowest BCUT2D eigenvalue weighted by molar-refractivity contribution is -0.256. The molecule has 5 aromatic rings. The van der Waals surface area contributed by atoms with Crippen molar-refractivity contribution in [2.45, 2.75) is 96.6 Å². The van der Waals surface area contributed by atoms with Crippen LogP contribution in [0.4, 0.5) is 4.79 Å². The van der Waals surface area contributed by atoms with E-state index < -0.39 is 23.8 Å². The molecule has 8 rings (SSSR count). The van der Waals surface area contributed by atoms with Crippen LogP contribution in [0.3, 0.4) is 0 Å². The molecule has 5 aromatic carbocycles. The first-order valence-electron chi connectivity index (χ1n) is 24.8. The quantitative estimate of drug-likeness (QED) is 0.0374. The monoisotopic (exact) mass is 936 g/mol. The Morgan fingerprint density at radius 1 is 0.870 bits per heavy atom. The number of ether oxygens (including phenoxy) is 5. The van der Waals surface area contributed by atoms with Crippen LogP contribution in [0.15, 0.2) is 139 Å². The minimum atomic E-state index is -1.47. The number of nitrogens with zero attached hydrogens (tertiary/aromatic N) is 2. The van der Waals surface area contributed by atoms with Gasteiger partial charge in [-0.05, 0) is 127 Å². The van der Waals surface area contributed by atoms with Crippen LogP contribution in [0.2, 0.25) is 0 Å². The van der Waals surface area contributed by atoms with Crippen LogP contribution < -0.4 is 9.47 Å². The number of hydrogen-bond donors (Lipinski definition) is 2. The van der Waals surface area contributed by atoms with Gasteiger partial charge in [0.05, 0.1) is 38.0 Å². The van der Waals surface area contributed by atoms with E-state index >= 15 is 4.79 Å². The standard InChI is InChI=1S/C58H68N2O9/c1-5-31-66-58-54(60(38-45-22-16-21-43-19-10-11-23-48(43)45)57(63)65-33-32-64-39-42-17-8-7-9-18-42)37-52(59-67-6-2)50-35-44(20-12-14-29-61)49(24-13-15-30-62)55(56(50)58)51-36-47(27-28-53(51)69-58)68-46-26-25-40(3)41(4)34-46/h5,7-11,16-19,21-23,25-28,34-36,44,49,54-56,61-62H,1,6,12-15,20,24,29-33,37-39H2,2-4H3. The summed E-state index contributed by atoms with van der Waals surface area (Å²) >= 11 is 0. The minimum absolute atomic E-state index is 0.0253. The Balaban J connectivity index is 1.29. The summed E-state index contributed by atoms with van der Waals surface area (Å²) in [6.45, 7) is 11.6. The number of unbranched alkanes of at least 4 members (excludes halogenated alkanes) is 2. The molecule has 3 aliphatic rings. The highest BCUT2D eigenvalue weighted by Crippen LogP contribution is 2.62. The summed E-state index contributed by atoms with van der Waals surface area (Å²) in [5.74, 6) is -0.0240. The van der Waals surface area contributed by atoms with Crippen molar-refractivity contribution >= 4 is 22.6 Å². The normalized spacial score (nSPS) is 22.0.